The summed E-state index contributed by atoms with van der Waals surface area (Å²) in [6.45, 7) is 9.03. The zero-order valence-corrected chi connectivity index (χ0v) is 15.7. The highest BCUT2D eigenvalue weighted by atomic mass is 35.5. The van der Waals surface area contributed by atoms with Crippen molar-refractivity contribution in [3.63, 3.8) is 0 Å². The second kappa shape index (κ2) is 9.13. The summed E-state index contributed by atoms with van der Waals surface area (Å²) >= 11 is 7.39. The van der Waals surface area contributed by atoms with Crippen LogP contribution in [0.3, 0.4) is 0 Å². The monoisotopic (exact) mass is 360 g/mol. The molecule has 1 aromatic rings. The van der Waals surface area contributed by atoms with E-state index in [-0.39, 0.29) is 5.91 Å². The summed E-state index contributed by atoms with van der Waals surface area (Å²) in [5.74, 6) is 0.0722. The summed E-state index contributed by atoms with van der Waals surface area (Å²) in [6, 6.07) is 3.78. The Balaban J connectivity index is 2.30. The quantitative estimate of drug-likeness (QED) is 0.746. The van der Waals surface area contributed by atoms with Crippen molar-refractivity contribution >= 4 is 34.9 Å². The number of nitrogens with zero attached hydrogens (tertiary/aromatic N) is 1. The molecule has 0 fully saturated rings. The van der Waals surface area contributed by atoms with Crippen molar-refractivity contribution in [1.29, 1.82) is 0 Å². The van der Waals surface area contributed by atoms with Gasteiger partial charge < -0.3 is 15.0 Å². The average Bonchev–Trinajstić information content (AvgIpc) is 2.84. The number of carbonyl (C=O) groups is 2. The van der Waals surface area contributed by atoms with Crippen molar-refractivity contribution in [1.82, 2.24) is 10.2 Å². The van der Waals surface area contributed by atoms with Crippen molar-refractivity contribution in [3.05, 3.63) is 21.3 Å². The van der Waals surface area contributed by atoms with Crippen LogP contribution in [0.5, 0.6) is 0 Å². The lowest BCUT2D eigenvalue weighted by Gasteiger charge is -2.21. The normalized spacial score (nSPS) is 11.2. The van der Waals surface area contributed by atoms with E-state index in [2.05, 4.69) is 5.32 Å². The minimum atomic E-state index is -0.513. The maximum atomic E-state index is 12.2. The van der Waals surface area contributed by atoms with Gasteiger partial charge in [0.05, 0.1) is 10.9 Å². The molecule has 7 heteroatoms. The lowest BCUT2D eigenvalue weighted by atomic mass is 10.2. The van der Waals surface area contributed by atoms with E-state index in [1.165, 1.54) is 11.3 Å². The van der Waals surface area contributed by atoms with E-state index in [0.717, 1.165) is 9.21 Å². The van der Waals surface area contributed by atoms with Crippen LogP contribution in [0.4, 0.5) is 4.79 Å². The van der Waals surface area contributed by atoms with Crippen LogP contribution in [0.2, 0.25) is 4.34 Å². The molecule has 0 spiro atoms. The van der Waals surface area contributed by atoms with Crippen molar-refractivity contribution < 1.29 is 14.3 Å². The Morgan fingerprint density at radius 1 is 1.35 bits per heavy atom. The summed E-state index contributed by atoms with van der Waals surface area (Å²) in [6.07, 6.45) is 0.522. The number of carbonyl (C=O) groups excluding carboxylic acids is 2. The molecule has 0 aliphatic rings. The first-order valence-electron chi connectivity index (χ1n) is 7.70. The molecule has 0 saturated carbocycles. The molecule has 1 N–H and O–H groups in total. The third-order valence-electron chi connectivity index (χ3n) is 2.95. The van der Waals surface area contributed by atoms with E-state index in [0.29, 0.717) is 32.5 Å². The molecule has 1 heterocycles. The molecule has 0 saturated heterocycles. The smallest absolute Gasteiger partial charge is 0.407 e. The largest absolute Gasteiger partial charge is 0.444 e. The van der Waals surface area contributed by atoms with Gasteiger partial charge in [-0.25, -0.2) is 4.79 Å². The molecular formula is C16H25ClN2O3S. The van der Waals surface area contributed by atoms with Crippen LogP contribution in [-0.2, 0) is 16.1 Å². The van der Waals surface area contributed by atoms with Gasteiger partial charge in [0.25, 0.3) is 0 Å². The summed E-state index contributed by atoms with van der Waals surface area (Å²) in [5.41, 5.74) is -0.513. The molecule has 1 rings (SSSR count). The molecule has 0 atom stereocenters. The summed E-state index contributed by atoms with van der Waals surface area (Å²) in [7, 11) is 0. The fourth-order valence-electron chi connectivity index (χ4n) is 1.90. The van der Waals surface area contributed by atoms with Crippen molar-refractivity contribution in [2.24, 2.45) is 0 Å². The first-order chi connectivity index (χ1) is 10.7. The number of hydrogen-bond donors (Lipinski definition) is 1. The van der Waals surface area contributed by atoms with Crippen LogP contribution in [0.25, 0.3) is 0 Å². The van der Waals surface area contributed by atoms with E-state index in [9.17, 15) is 9.59 Å². The van der Waals surface area contributed by atoms with Gasteiger partial charge in [0.15, 0.2) is 0 Å². The van der Waals surface area contributed by atoms with Crippen LogP contribution >= 0.6 is 22.9 Å². The first-order valence-corrected chi connectivity index (χ1v) is 8.89. The van der Waals surface area contributed by atoms with Gasteiger partial charge in [0.1, 0.15) is 5.60 Å². The fourth-order valence-corrected chi connectivity index (χ4v) is 3.01. The maximum absolute atomic E-state index is 12.2. The highest BCUT2D eigenvalue weighted by Gasteiger charge is 2.16. The Labute approximate surface area is 147 Å². The van der Waals surface area contributed by atoms with Crippen LogP contribution < -0.4 is 5.32 Å². The molecule has 0 aromatic carbocycles. The molecule has 2 amide bonds. The standard InChI is InChI=1S/C16H25ClN2O3S/c1-5-19(11-12-8-9-13(17)23-12)14(20)7-6-10-18-15(21)22-16(2,3)4/h8-9H,5-7,10-11H2,1-4H3,(H,18,21). The number of alkyl carbamates (subject to hydrolysis) is 1. The topological polar surface area (TPSA) is 58.6 Å². The van der Waals surface area contributed by atoms with Crippen LogP contribution in [0, 0.1) is 0 Å². The highest BCUT2D eigenvalue weighted by molar-refractivity contribution is 7.16. The van der Waals surface area contributed by atoms with Gasteiger partial charge in [-0.2, -0.15) is 0 Å². The highest BCUT2D eigenvalue weighted by Crippen LogP contribution is 2.22. The third-order valence-corrected chi connectivity index (χ3v) is 4.16. The third kappa shape index (κ3) is 8.23. The van der Waals surface area contributed by atoms with E-state index >= 15 is 0 Å². The van der Waals surface area contributed by atoms with Gasteiger partial charge in [-0.1, -0.05) is 11.6 Å². The summed E-state index contributed by atoms with van der Waals surface area (Å²) < 4.78 is 5.87. The van der Waals surface area contributed by atoms with E-state index in [4.69, 9.17) is 16.3 Å². The Hall–Kier alpha value is -1.27. The number of hydrogen-bond acceptors (Lipinski definition) is 4. The predicted molar refractivity (Wildman–Crippen MR) is 93.9 cm³/mol. The second-order valence-corrected chi connectivity index (χ2v) is 7.95. The summed E-state index contributed by atoms with van der Waals surface area (Å²) in [4.78, 5) is 26.6. The second-order valence-electron chi connectivity index (χ2n) is 6.15. The van der Waals surface area contributed by atoms with Crippen molar-refractivity contribution in [2.75, 3.05) is 13.1 Å². The Morgan fingerprint density at radius 2 is 2.04 bits per heavy atom. The van der Waals surface area contributed by atoms with Crippen LogP contribution in [0.15, 0.2) is 12.1 Å². The molecule has 0 unspecified atom stereocenters. The summed E-state index contributed by atoms with van der Waals surface area (Å²) in [5, 5.41) is 2.66. The maximum Gasteiger partial charge on any atom is 0.407 e. The number of ether oxygens (including phenoxy) is 1. The molecule has 130 valence electrons. The minimum Gasteiger partial charge on any atom is -0.444 e. The van der Waals surface area contributed by atoms with Gasteiger partial charge in [-0.15, -0.1) is 11.3 Å². The zero-order chi connectivity index (χ0) is 17.5. The van der Waals surface area contributed by atoms with Crippen molar-refractivity contribution in [2.45, 2.75) is 52.7 Å². The number of nitrogens with one attached hydrogen (secondary N) is 1. The van der Waals surface area contributed by atoms with Crippen LogP contribution in [-0.4, -0.2) is 35.6 Å². The van der Waals surface area contributed by atoms with Gasteiger partial charge in [-0.3, -0.25) is 4.79 Å². The lowest BCUT2D eigenvalue weighted by molar-refractivity contribution is -0.131. The van der Waals surface area contributed by atoms with Crippen molar-refractivity contribution in [3.8, 4) is 0 Å². The molecule has 0 aliphatic carbocycles. The molecule has 1 aromatic heterocycles. The SMILES string of the molecule is CCN(Cc1ccc(Cl)s1)C(=O)CCCNC(=O)OC(C)(C)C. The van der Waals surface area contributed by atoms with Crippen LogP contribution in [0.1, 0.15) is 45.4 Å². The van der Waals surface area contributed by atoms with Gasteiger partial charge >= 0.3 is 6.09 Å². The minimum absolute atomic E-state index is 0.0722. The number of rotatable bonds is 7. The molecule has 0 aliphatic heterocycles. The van der Waals surface area contributed by atoms with Gasteiger partial charge in [-0.05, 0) is 46.2 Å². The van der Waals surface area contributed by atoms with E-state index in [1.807, 2.05) is 39.8 Å². The molecule has 5 nitrogen and oxygen atoms in total. The zero-order valence-electron chi connectivity index (χ0n) is 14.1. The Kier molecular flexibility index (Phi) is 7.85. The lowest BCUT2D eigenvalue weighted by Crippen LogP contribution is -2.34. The van der Waals surface area contributed by atoms with E-state index in [1.54, 1.807) is 4.90 Å². The molecule has 23 heavy (non-hydrogen) atoms. The fraction of sp³-hybridized carbons (Fsp3) is 0.625. The van der Waals surface area contributed by atoms with Gasteiger partial charge in [0, 0.05) is 24.4 Å². The average molecular weight is 361 g/mol. The Bertz CT molecular complexity index is 526. The molecular weight excluding hydrogens is 336 g/mol. The predicted octanol–water partition coefficient (Wildman–Crippen LogP) is 4.05. The molecule has 0 radical (unpaired) electrons. The Morgan fingerprint density at radius 3 is 2.57 bits per heavy atom. The van der Waals surface area contributed by atoms with Gasteiger partial charge in [0.2, 0.25) is 5.91 Å². The number of amides is 2. The van der Waals surface area contributed by atoms with E-state index < -0.39 is 11.7 Å². The molecule has 0 bridgehead atoms. The number of thiophene rings is 1. The number of halogens is 1. The first kappa shape index (κ1) is 19.8.